The molecule has 2 rings (SSSR count). The molecular weight excluding hydrogens is 405 g/mol. The van der Waals surface area contributed by atoms with Gasteiger partial charge in [0.1, 0.15) is 5.75 Å². The lowest BCUT2D eigenvalue weighted by molar-refractivity contribution is -0.404. The number of non-ortho nitro benzene ring substituents is 1. The van der Waals surface area contributed by atoms with Gasteiger partial charge in [0.2, 0.25) is 0 Å². The molecule has 130 valence electrons. The molecule has 0 saturated heterocycles. The van der Waals surface area contributed by atoms with E-state index < -0.39 is 37.6 Å². The van der Waals surface area contributed by atoms with Crippen LogP contribution in [-0.2, 0) is 0 Å². The first-order valence-electron chi connectivity index (χ1n) is 6.05. The summed E-state index contributed by atoms with van der Waals surface area (Å²) < 4.78 is 5.18. The molecule has 2 aromatic carbocycles. The molecule has 0 aliphatic rings. The largest absolute Gasteiger partial charge is 0.443 e. The Labute approximate surface area is 152 Å². The lowest BCUT2D eigenvalue weighted by Crippen LogP contribution is -2.01. The van der Waals surface area contributed by atoms with Gasteiger partial charge in [0.05, 0.1) is 42.0 Å². The monoisotopic (exact) mass is 407 g/mol. The molecule has 0 aromatic heterocycles. The van der Waals surface area contributed by atoms with Crippen molar-refractivity contribution >= 4 is 51.9 Å². The van der Waals surface area contributed by atoms with Crippen molar-refractivity contribution in [2.45, 2.75) is 0 Å². The van der Waals surface area contributed by atoms with Crippen molar-refractivity contribution in [3.63, 3.8) is 0 Å². The average Bonchev–Trinajstić information content (AvgIpc) is 2.51. The van der Waals surface area contributed by atoms with Crippen LogP contribution in [0.3, 0.4) is 0 Å². The number of benzene rings is 2. The fraction of sp³-hybridized carbons (Fsp3) is 0. The molecule has 0 bridgehead atoms. The second-order valence-corrected chi connectivity index (χ2v) is 5.60. The minimum atomic E-state index is -1.05. The molecule has 10 nitrogen and oxygen atoms in total. The topological polar surface area (TPSA) is 139 Å². The number of halogens is 3. The van der Waals surface area contributed by atoms with Crippen molar-refractivity contribution in [2.24, 2.45) is 0 Å². The van der Waals surface area contributed by atoms with Crippen LogP contribution in [0.4, 0.5) is 17.1 Å². The van der Waals surface area contributed by atoms with Gasteiger partial charge in [-0.25, -0.2) is 0 Å². The molecule has 0 spiro atoms. The van der Waals surface area contributed by atoms with E-state index in [2.05, 4.69) is 0 Å². The predicted octanol–water partition coefficient (Wildman–Crippen LogP) is 5.16. The van der Waals surface area contributed by atoms with E-state index in [4.69, 9.17) is 39.5 Å². The highest BCUT2D eigenvalue weighted by Crippen LogP contribution is 2.45. The van der Waals surface area contributed by atoms with Crippen molar-refractivity contribution < 1.29 is 19.5 Å². The maximum atomic E-state index is 11.2. The highest BCUT2D eigenvalue weighted by Gasteiger charge is 2.33. The fourth-order valence-corrected chi connectivity index (χ4v) is 2.33. The number of hydrogen-bond donors (Lipinski definition) is 0. The zero-order chi connectivity index (χ0) is 18.9. The number of hydrogen-bond acceptors (Lipinski definition) is 7. The number of ether oxygens (including phenoxy) is 1. The van der Waals surface area contributed by atoms with Gasteiger partial charge in [-0.05, 0) is 6.07 Å². The second-order valence-electron chi connectivity index (χ2n) is 4.38. The van der Waals surface area contributed by atoms with E-state index in [1.165, 1.54) is 6.07 Å². The summed E-state index contributed by atoms with van der Waals surface area (Å²) >= 11 is 17.4. The summed E-state index contributed by atoms with van der Waals surface area (Å²) in [6, 6.07) is 3.34. The molecule has 13 heteroatoms. The summed E-state index contributed by atoms with van der Waals surface area (Å²) in [5.41, 5.74) is -2.81. The van der Waals surface area contributed by atoms with Crippen LogP contribution in [0.2, 0.25) is 15.1 Å². The maximum Gasteiger partial charge on any atom is 0.325 e. The van der Waals surface area contributed by atoms with Crippen LogP contribution >= 0.6 is 34.8 Å². The molecule has 0 heterocycles. The summed E-state index contributed by atoms with van der Waals surface area (Å²) in [5.74, 6) is -1.09. The zero-order valence-electron chi connectivity index (χ0n) is 11.6. The van der Waals surface area contributed by atoms with E-state index in [0.717, 1.165) is 6.07 Å². The van der Waals surface area contributed by atoms with Crippen LogP contribution in [-0.4, -0.2) is 14.8 Å². The minimum absolute atomic E-state index is 0.0201. The van der Waals surface area contributed by atoms with Crippen LogP contribution in [0.5, 0.6) is 11.5 Å². The summed E-state index contributed by atoms with van der Waals surface area (Å²) in [4.78, 5) is 30.0. The molecular formula is C12H4Cl3N3O7. The van der Waals surface area contributed by atoms with E-state index >= 15 is 0 Å². The van der Waals surface area contributed by atoms with Gasteiger partial charge in [0.25, 0.3) is 11.4 Å². The Hall–Kier alpha value is -2.69. The quantitative estimate of drug-likeness (QED) is 0.378. The first-order valence-corrected chi connectivity index (χ1v) is 7.18. The molecule has 0 radical (unpaired) electrons. The Balaban J connectivity index is 2.71. The maximum absolute atomic E-state index is 11.2. The SMILES string of the molecule is O=[N+]([O-])c1cc([N+](=O)[O-])c(Oc2cc(Cl)c(Cl)cc2Cl)c([N+](=O)[O-])c1. The molecule has 0 saturated carbocycles. The van der Waals surface area contributed by atoms with E-state index in [1.807, 2.05) is 0 Å². The normalized spacial score (nSPS) is 10.4. The Morgan fingerprint density at radius 2 is 1.20 bits per heavy atom. The second kappa shape index (κ2) is 7.05. The summed E-state index contributed by atoms with van der Waals surface area (Å²) in [5, 5.41) is 33.1. The van der Waals surface area contributed by atoms with Crippen molar-refractivity contribution in [1.29, 1.82) is 0 Å². The average molecular weight is 409 g/mol. The Bertz CT molecular complexity index is 884. The first-order chi connectivity index (χ1) is 11.6. The van der Waals surface area contributed by atoms with Gasteiger partial charge >= 0.3 is 11.4 Å². The van der Waals surface area contributed by atoms with Crippen LogP contribution in [0.25, 0.3) is 0 Å². The van der Waals surface area contributed by atoms with Crippen molar-refractivity contribution in [2.75, 3.05) is 0 Å². The van der Waals surface area contributed by atoms with E-state index in [9.17, 15) is 30.3 Å². The number of rotatable bonds is 5. The van der Waals surface area contributed by atoms with Gasteiger partial charge in [0, 0.05) is 6.07 Å². The Morgan fingerprint density at radius 1 is 0.720 bits per heavy atom. The lowest BCUT2D eigenvalue weighted by Gasteiger charge is -2.09. The number of nitro groups is 3. The van der Waals surface area contributed by atoms with E-state index in [1.54, 1.807) is 0 Å². The first kappa shape index (κ1) is 18.6. The molecule has 0 amide bonds. The van der Waals surface area contributed by atoms with Crippen molar-refractivity contribution in [1.82, 2.24) is 0 Å². The molecule has 0 fully saturated rings. The fourth-order valence-electron chi connectivity index (χ4n) is 1.76. The minimum Gasteiger partial charge on any atom is -0.443 e. The zero-order valence-corrected chi connectivity index (χ0v) is 13.9. The van der Waals surface area contributed by atoms with Gasteiger partial charge in [-0.2, -0.15) is 0 Å². The van der Waals surface area contributed by atoms with Crippen LogP contribution in [0.15, 0.2) is 24.3 Å². The number of nitro benzene ring substituents is 3. The van der Waals surface area contributed by atoms with Gasteiger partial charge in [-0.15, -0.1) is 0 Å². The number of nitrogens with zero attached hydrogens (tertiary/aromatic N) is 3. The van der Waals surface area contributed by atoms with Crippen LogP contribution in [0, 0.1) is 30.3 Å². The van der Waals surface area contributed by atoms with Crippen LogP contribution in [0.1, 0.15) is 0 Å². The summed E-state index contributed by atoms with van der Waals surface area (Å²) in [6.45, 7) is 0. The highest BCUT2D eigenvalue weighted by molar-refractivity contribution is 6.43. The van der Waals surface area contributed by atoms with Gasteiger partial charge in [0.15, 0.2) is 0 Å². The molecule has 0 aliphatic carbocycles. The summed E-state index contributed by atoms with van der Waals surface area (Å²) in [6.07, 6.45) is 0. The molecule has 0 aliphatic heterocycles. The van der Waals surface area contributed by atoms with Gasteiger partial charge < -0.3 is 4.74 Å². The molecule has 0 N–H and O–H groups in total. The summed E-state index contributed by atoms with van der Waals surface area (Å²) in [7, 11) is 0. The van der Waals surface area contributed by atoms with Crippen LogP contribution < -0.4 is 4.74 Å². The third-order valence-electron chi connectivity index (χ3n) is 2.83. The Morgan fingerprint density at radius 3 is 1.64 bits per heavy atom. The molecule has 0 atom stereocenters. The van der Waals surface area contributed by atoms with Gasteiger partial charge in [-0.1, -0.05) is 34.8 Å². The van der Waals surface area contributed by atoms with Gasteiger partial charge in [-0.3, -0.25) is 30.3 Å². The Kier molecular flexibility index (Phi) is 5.26. The highest BCUT2D eigenvalue weighted by atomic mass is 35.5. The van der Waals surface area contributed by atoms with Crippen molar-refractivity contribution in [3.8, 4) is 11.5 Å². The lowest BCUT2D eigenvalue weighted by atomic mass is 10.2. The van der Waals surface area contributed by atoms with E-state index in [-0.39, 0.29) is 20.8 Å². The smallest absolute Gasteiger partial charge is 0.325 e. The predicted molar refractivity (Wildman–Crippen MR) is 88.0 cm³/mol. The molecule has 0 unspecified atom stereocenters. The molecule has 2 aromatic rings. The third-order valence-corrected chi connectivity index (χ3v) is 3.84. The third kappa shape index (κ3) is 3.87. The molecule has 25 heavy (non-hydrogen) atoms. The van der Waals surface area contributed by atoms with Crippen molar-refractivity contribution in [3.05, 3.63) is 69.7 Å². The van der Waals surface area contributed by atoms with E-state index in [0.29, 0.717) is 12.1 Å². The standard InChI is InChI=1S/C12H4Cl3N3O7/c13-6-3-8(15)11(4-7(6)14)25-12-9(17(21)22)1-5(16(19)20)2-10(12)18(23)24/h1-4H.